The predicted octanol–water partition coefficient (Wildman–Crippen LogP) is 0.544. The summed E-state index contributed by atoms with van der Waals surface area (Å²) >= 11 is 0. The molecule has 0 amide bonds. The molecule has 0 aliphatic carbocycles. The Labute approximate surface area is 117 Å². The van der Waals surface area contributed by atoms with Crippen molar-refractivity contribution in [2.24, 2.45) is 5.92 Å². The van der Waals surface area contributed by atoms with Gasteiger partial charge in [0.05, 0.1) is 11.8 Å². The molecule has 106 valence electrons. The van der Waals surface area contributed by atoms with E-state index >= 15 is 0 Å². The Morgan fingerprint density at radius 1 is 1.35 bits per heavy atom. The van der Waals surface area contributed by atoms with E-state index < -0.39 is 0 Å². The van der Waals surface area contributed by atoms with Crippen LogP contribution in [0.2, 0.25) is 0 Å². The zero-order valence-corrected chi connectivity index (χ0v) is 11.5. The number of β-amino-alcohol motifs (C(OH)–C–C–N with tert-alkyl or cyclic N) is 1. The SMILES string of the molecule is Cc1cc(C[C@@H]2CN(Cc3cncnc3)C[C@H]2O)n[nH]1. The molecule has 3 rings (SSSR count). The molecule has 1 aliphatic heterocycles. The van der Waals surface area contributed by atoms with Gasteiger partial charge in [0.1, 0.15) is 6.33 Å². The second-order valence-electron chi connectivity index (χ2n) is 5.51. The van der Waals surface area contributed by atoms with Gasteiger partial charge in [-0.1, -0.05) is 0 Å². The molecule has 6 heteroatoms. The van der Waals surface area contributed by atoms with Gasteiger partial charge < -0.3 is 5.11 Å². The van der Waals surface area contributed by atoms with Crippen molar-refractivity contribution < 1.29 is 5.11 Å². The van der Waals surface area contributed by atoms with E-state index in [-0.39, 0.29) is 12.0 Å². The lowest BCUT2D eigenvalue weighted by Gasteiger charge is -2.14. The van der Waals surface area contributed by atoms with Crippen molar-refractivity contribution in [2.75, 3.05) is 13.1 Å². The molecule has 0 aromatic carbocycles. The molecule has 0 radical (unpaired) electrons. The predicted molar refractivity (Wildman–Crippen MR) is 73.8 cm³/mol. The topological polar surface area (TPSA) is 77.9 Å². The summed E-state index contributed by atoms with van der Waals surface area (Å²) in [6.07, 6.45) is 5.70. The van der Waals surface area contributed by atoms with Crippen molar-refractivity contribution in [1.82, 2.24) is 25.1 Å². The zero-order chi connectivity index (χ0) is 13.9. The van der Waals surface area contributed by atoms with Crippen LogP contribution in [0.5, 0.6) is 0 Å². The van der Waals surface area contributed by atoms with Crippen LogP contribution >= 0.6 is 0 Å². The number of hydrogen-bond acceptors (Lipinski definition) is 5. The first-order valence-electron chi connectivity index (χ1n) is 6.86. The Morgan fingerprint density at radius 3 is 2.85 bits per heavy atom. The van der Waals surface area contributed by atoms with Crippen molar-refractivity contribution in [3.05, 3.63) is 41.7 Å². The van der Waals surface area contributed by atoms with E-state index in [1.165, 1.54) is 6.33 Å². The molecule has 1 aliphatic rings. The fourth-order valence-electron chi connectivity index (χ4n) is 2.79. The van der Waals surface area contributed by atoms with E-state index in [0.717, 1.165) is 36.5 Å². The molecule has 3 heterocycles. The highest BCUT2D eigenvalue weighted by Crippen LogP contribution is 2.22. The maximum absolute atomic E-state index is 10.2. The minimum atomic E-state index is -0.295. The fourth-order valence-corrected chi connectivity index (χ4v) is 2.79. The number of likely N-dealkylation sites (tertiary alicyclic amines) is 1. The Kier molecular flexibility index (Phi) is 3.75. The summed E-state index contributed by atoms with van der Waals surface area (Å²) in [4.78, 5) is 10.3. The van der Waals surface area contributed by atoms with Gasteiger partial charge in [0.2, 0.25) is 0 Å². The number of aliphatic hydroxyl groups excluding tert-OH is 1. The van der Waals surface area contributed by atoms with Crippen LogP contribution in [-0.2, 0) is 13.0 Å². The van der Waals surface area contributed by atoms with Crippen molar-refractivity contribution in [3.8, 4) is 0 Å². The summed E-state index contributed by atoms with van der Waals surface area (Å²) in [7, 11) is 0. The van der Waals surface area contributed by atoms with Crippen LogP contribution in [0.1, 0.15) is 17.0 Å². The highest BCUT2D eigenvalue weighted by Gasteiger charge is 2.31. The first kappa shape index (κ1) is 13.2. The molecule has 1 saturated heterocycles. The molecule has 1 fully saturated rings. The number of aliphatic hydroxyl groups is 1. The molecule has 0 unspecified atom stereocenters. The molecule has 2 aromatic heterocycles. The number of hydrogen-bond donors (Lipinski definition) is 2. The summed E-state index contributed by atoms with van der Waals surface area (Å²) in [5.74, 6) is 0.238. The van der Waals surface area contributed by atoms with Gasteiger partial charge in [-0.3, -0.25) is 10.00 Å². The lowest BCUT2D eigenvalue weighted by Crippen LogP contribution is -2.21. The molecule has 2 atom stereocenters. The average Bonchev–Trinajstić information content (AvgIpc) is 2.98. The number of rotatable bonds is 4. The van der Waals surface area contributed by atoms with Crippen LogP contribution in [0, 0.1) is 12.8 Å². The van der Waals surface area contributed by atoms with Gasteiger partial charge in [0.25, 0.3) is 0 Å². The first-order valence-corrected chi connectivity index (χ1v) is 6.86. The maximum atomic E-state index is 10.2. The largest absolute Gasteiger partial charge is 0.391 e. The summed E-state index contributed by atoms with van der Waals surface area (Å²) in [6, 6.07) is 2.04. The third-order valence-electron chi connectivity index (χ3n) is 3.73. The Bertz CT molecular complexity index is 556. The van der Waals surface area contributed by atoms with Gasteiger partial charge in [0, 0.05) is 49.2 Å². The third-order valence-corrected chi connectivity index (χ3v) is 3.73. The van der Waals surface area contributed by atoms with E-state index in [2.05, 4.69) is 25.1 Å². The molecule has 0 spiro atoms. The second kappa shape index (κ2) is 5.68. The number of aromatic nitrogens is 4. The number of nitrogens with zero attached hydrogens (tertiary/aromatic N) is 4. The Morgan fingerprint density at radius 2 is 2.15 bits per heavy atom. The summed E-state index contributed by atoms with van der Waals surface area (Å²) in [5, 5.41) is 17.4. The molecule has 2 N–H and O–H groups in total. The van der Waals surface area contributed by atoms with Crippen LogP contribution < -0.4 is 0 Å². The fraction of sp³-hybridized carbons (Fsp3) is 0.500. The van der Waals surface area contributed by atoms with Gasteiger partial charge in [-0.05, 0) is 19.4 Å². The summed E-state index contributed by atoms with van der Waals surface area (Å²) in [6.45, 7) is 4.35. The molecule has 6 nitrogen and oxygen atoms in total. The first-order chi connectivity index (χ1) is 9.70. The normalized spacial score (nSPS) is 23.3. The van der Waals surface area contributed by atoms with Gasteiger partial charge in [-0.25, -0.2) is 9.97 Å². The van der Waals surface area contributed by atoms with Gasteiger partial charge >= 0.3 is 0 Å². The molecule has 0 saturated carbocycles. The standard InChI is InChI=1S/C14H19N5O/c1-10-2-13(18-17-10)3-12-7-19(8-14(12)20)6-11-4-15-9-16-5-11/h2,4-5,9,12,14,20H,3,6-8H2,1H3,(H,17,18)/t12-,14-/m1/s1. The van der Waals surface area contributed by atoms with Gasteiger partial charge in [-0.2, -0.15) is 5.10 Å². The molecule has 2 aromatic rings. The summed E-state index contributed by atoms with van der Waals surface area (Å²) < 4.78 is 0. The monoisotopic (exact) mass is 273 g/mol. The number of nitrogens with one attached hydrogen (secondary N) is 1. The lowest BCUT2D eigenvalue weighted by atomic mass is 10.0. The van der Waals surface area contributed by atoms with Crippen molar-refractivity contribution in [3.63, 3.8) is 0 Å². The minimum absolute atomic E-state index is 0.238. The van der Waals surface area contributed by atoms with E-state index in [1.54, 1.807) is 0 Å². The van der Waals surface area contributed by atoms with Crippen LogP contribution in [0.15, 0.2) is 24.8 Å². The average molecular weight is 273 g/mol. The second-order valence-corrected chi connectivity index (χ2v) is 5.51. The van der Waals surface area contributed by atoms with Crippen molar-refractivity contribution >= 4 is 0 Å². The zero-order valence-electron chi connectivity index (χ0n) is 11.5. The maximum Gasteiger partial charge on any atom is 0.115 e. The Hall–Kier alpha value is -1.79. The van der Waals surface area contributed by atoms with Crippen molar-refractivity contribution in [2.45, 2.75) is 26.0 Å². The minimum Gasteiger partial charge on any atom is -0.391 e. The highest BCUT2D eigenvalue weighted by atomic mass is 16.3. The molecule has 20 heavy (non-hydrogen) atoms. The highest BCUT2D eigenvalue weighted by molar-refractivity contribution is 5.09. The van der Waals surface area contributed by atoms with Crippen LogP contribution in [-0.4, -0.2) is 49.4 Å². The number of aromatic amines is 1. The number of H-pyrrole nitrogens is 1. The van der Waals surface area contributed by atoms with E-state index in [9.17, 15) is 5.11 Å². The van der Waals surface area contributed by atoms with E-state index in [0.29, 0.717) is 6.54 Å². The van der Waals surface area contributed by atoms with E-state index in [1.807, 2.05) is 25.4 Å². The van der Waals surface area contributed by atoms with Crippen molar-refractivity contribution in [1.29, 1.82) is 0 Å². The Balaban J connectivity index is 1.59. The third kappa shape index (κ3) is 3.02. The lowest BCUT2D eigenvalue weighted by molar-refractivity contribution is 0.140. The molecular weight excluding hydrogens is 254 g/mol. The summed E-state index contributed by atoms with van der Waals surface area (Å²) in [5.41, 5.74) is 3.16. The van der Waals surface area contributed by atoms with Crippen LogP contribution in [0.4, 0.5) is 0 Å². The smallest absolute Gasteiger partial charge is 0.115 e. The molecular formula is C14H19N5O. The molecule has 0 bridgehead atoms. The van der Waals surface area contributed by atoms with Crippen LogP contribution in [0.25, 0.3) is 0 Å². The van der Waals surface area contributed by atoms with Gasteiger partial charge in [-0.15, -0.1) is 0 Å². The number of aryl methyl sites for hydroxylation is 1. The quantitative estimate of drug-likeness (QED) is 0.850. The van der Waals surface area contributed by atoms with E-state index in [4.69, 9.17) is 0 Å². The van der Waals surface area contributed by atoms with Gasteiger partial charge in [0.15, 0.2) is 0 Å². The van der Waals surface area contributed by atoms with Crippen LogP contribution in [0.3, 0.4) is 0 Å².